The van der Waals surface area contributed by atoms with Crippen molar-refractivity contribution in [2.75, 3.05) is 13.1 Å². The zero-order valence-electron chi connectivity index (χ0n) is 10.0. The topological polar surface area (TPSA) is 12.0 Å². The molecule has 0 spiro atoms. The van der Waals surface area contributed by atoms with Crippen molar-refractivity contribution in [2.24, 2.45) is 5.41 Å². The SMILES string of the molecule is CCC1(Cc2ccccc2)CCNCC1.Cl. The molecule has 0 radical (unpaired) electrons. The summed E-state index contributed by atoms with van der Waals surface area (Å²) in [4.78, 5) is 0. The van der Waals surface area contributed by atoms with Crippen LogP contribution in [0.3, 0.4) is 0 Å². The molecule has 1 heterocycles. The smallest absolute Gasteiger partial charge is 0.00435 e. The molecule has 16 heavy (non-hydrogen) atoms. The van der Waals surface area contributed by atoms with Crippen molar-refractivity contribution in [2.45, 2.75) is 32.6 Å². The summed E-state index contributed by atoms with van der Waals surface area (Å²) in [6, 6.07) is 10.9. The van der Waals surface area contributed by atoms with Crippen molar-refractivity contribution >= 4 is 12.4 Å². The van der Waals surface area contributed by atoms with Gasteiger partial charge in [-0.15, -0.1) is 12.4 Å². The second-order valence-corrected chi connectivity index (χ2v) is 4.77. The van der Waals surface area contributed by atoms with Crippen molar-refractivity contribution < 1.29 is 0 Å². The van der Waals surface area contributed by atoms with Gasteiger partial charge in [-0.25, -0.2) is 0 Å². The fourth-order valence-electron chi connectivity index (χ4n) is 2.64. The van der Waals surface area contributed by atoms with E-state index in [1.807, 2.05) is 0 Å². The van der Waals surface area contributed by atoms with Crippen molar-refractivity contribution in [1.29, 1.82) is 0 Å². The summed E-state index contributed by atoms with van der Waals surface area (Å²) in [7, 11) is 0. The van der Waals surface area contributed by atoms with Crippen LogP contribution in [0.15, 0.2) is 30.3 Å². The van der Waals surface area contributed by atoms with E-state index in [4.69, 9.17) is 0 Å². The average Bonchev–Trinajstić information content (AvgIpc) is 2.32. The van der Waals surface area contributed by atoms with E-state index in [2.05, 4.69) is 42.6 Å². The van der Waals surface area contributed by atoms with E-state index in [9.17, 15) is 0 Å². The highest BCUT2D eigenvalue weighted by Gasteiger charge is 2.29. The van der Waals surface area contributed by atoms with Crippen LogP contribution in [0.25, 0.3) is 0 Å². The Balaban J connectivity index is 0.00000128. The van der Waals surface area contributed by atoms with Crippen LogP contribution in [0.1, 0.15) is 31.7 Å². The van der Waals surface area contributed by atoms with E-state index in [0.717, 1.165) is 0 Å². The van der Waals surface area contributed by atoms with E-state index in [0.29, 0.717) is 5.41 Å². The molecule has 1 nitrogen and oxygen atoms in total. The largest absolute Gasteiger partial charge is 0.317 e. The Morgan fingerprint density at radius 1 is 1.12 bits per heavy atom. The fourth-order valence-corrected chi connectivity index (χ4v) is 2.64. The molecule has 0 bridgehead atoms. The third kappa shape index (κ3) is 3.23. The van der Waals surface area contributed by atoms with Gasteiger partial charge in [0.15, 0.2) is 0 Å². The first-order valence-corrected chi connectivity index (χ1v) is 6.09. The summed E-state index contributed by atoms with van der Waals surface area (Å²) in [6.07, 6.45) is 5.23. The second kappa shape index (κ2) is 6.27. The van der Waals surface area contributed by atoms with Gasteiger partial charge in [0, 0.05) is 0 Å². The van der Waals surface area contributed by atoms with Crippen LogP contribution in [0.4, 0.5) is 0 Å². The quantitative estimate of drug-likeness (QED) is 0.852. The zero-order chi connectivity index (χ0) is 10.6. The molecule has 1 aliphatic rings. The predicted octanol–water partition coefficient (Wildman–Crippen LogP) is 3.43. The first kappa shape index (κ1) is 13.5. The van der Waals surface area contributed by atoms with Gasteiger partial charge in [0.25, 0.3) is 0 Å². The number of benzene rings is 1. The molecule has 0 unspecified atom stereocenters. The fraction of sp³-hybridized carbons (Fsp3) is 0.571. The van der Waals surface area contributed by atoms with Gasteiger partial charge in [0.05, 0.1) is 0 Å². The molecule has 0 aliphatic carbocycles. The lowest BCUT2D eigenvalue weighted by Crippen LogP contribution is -2.37. The van der Waals surface area contributed by atoms with Crippen LogP contribution in [-0.4, -0.2) is 13.1 Å². The van der Waals surface area contributed by atoms with Gasteiger partial charge in [0.1, 0.15) is 0 Å². The van der Waals surface area contributed by atoms with E-state index in [-0.39, 0.29) is 12.4 Å². The molecule has 0 atom stereocenters. The van der Waals surface area contributed by atoms with E-state index >= 15 is 0 Å². The predicted molar refractivity (Wildman–Crippen MR) is 72.2 cm³/mol. The monoisotopic (exact) mass is 239 g/mol. The van der Waals surface area contributed by atoms with Crippen molar-refractivity contribution in [3.8, 4) is 0 Å². The summed E-state index contributed by atoms with van der Waals surface area (Å²) in [5.74, 6) is 0. The lowest BCUT2D eigenvalue weighted by molar-refractivity contribution is 0.191. The maximum absolute atomic E-state index is 3.46. The first-order valence-electron chi connectivity index (χ1n) is 6.09. The summed E-state index contributed by atoms with van der Waals surface area (Å²) in [5.41, 5.74) is 2.06. The Kier molecular flexibility index (Phi) is 5.30. The van der Waals surface area contributed by atoms with Crippen LogP contribution in [0.2, 0.25) is 0 Å². The molecule has 1 aromatic rings. The van der Waals surface area contributed by atoms with Crippen LogP contribution in [-0.2, 0) is 6.42 Å². The molecule has 2 rings (SSSR count). The van der Waals surface area contributed by atoms with Gasteiger partial charge in [-0.05, 0) is 43.3 Å². The highest BCUT2D eigenvalue weighted by atomic mass is 35.5. The highest BCUT2D eigenvalue weighted by Crippen LogP contribution is 2.35. The molecule has 2 heteroatoms. The first-order chi connectivity index (χ1) is 7.35. The number of hydrogen-bond acceptors (Lipinski definition) is 1. The summed E-state index contributed by atoms with van der Waals surface area (Å²) >= 11 is 0. The Hall–Kier alpha value is -0.530. The molecule has 90 valence electrons. The Bertz CT molecular complexity index is 291. The molecule has 1 N–H and O–H groups in total. The minimum atomic E-state index is 0. The Morgan fingerprint density at radius 3 is 2.31 bits per heavy atom. The van der Waals surface area contributed by atoms with Gasteiger partial charge in [-0.1, -0.05) is 43.7 Å². The van der Waals surface area contributed by atoms with E-state index in [1.165, 1.54) is 44.3 Å². The third-order valence-electron chi connectivity index (χ3n) is 3.84. The van der Waals surface area contributed by atoms with Crippen molar-refractivity contribution in [1.82, 2.24) is 5.32 Å². The van der Waals surface area contributed by atoms with E-state index < -0.39 is 0 Å². The minimum Gasteiger partial charge on any atom is -0.317 e. The van der Waals surface area contributed by atoms with Crippen molar-refractivity contribution in [3.05, 3.63) is 35.9 Å². The second-order valence-electron chi connectivity index (χ2n) is 4.77. The maximum Gasteiger partial charge on any atom is -0.00435 e. The Labute approximate surface area is 105 Å². The molecule has 1 fully saturated rings. The summed E-state index contributed by atoms with van der Waals surface area (Å²) in [5, 5.41) is 3.46. The van der Waals surface area contributed by atoms with Crippen LogP contribution in [0.5, 0.6) is 0 Å². The highest BCUT2D eigenvalue weighted by molar-refractivity contribution is 5.85. The summed E-state index contributed by atoms with van der Waals surface area (Å²) in [6.45, 7) is 4.73. The minimum absolute atomic E-state index is 0. The molecule has 1 aromatic carbocycles. The number of hydrogen-bond donors (Lipinski definition) is 1. The van der Waals surface area contributed by atoms with Gasteiger partial charge in [0.2, 0.25) is 0 Å². The summed E-state index contributed by atoms with van der Waals surface area (Å²) < 4.78 is 0. The number of halogens is 1. The van der Waals surface area contributed by atoms with Crippen LogP contribution >= 0.6 is 12.4 Å². The average molecular weight is 240 g/mol. The third-order valence-corrected chi connectivity index (χ3v) is 3.84. The molecule has 0 saturated carbocycles. The van der Waals surface area contributed by atoms with Gasteiger partial charge >= 0.3 is 0 Å². The molecule has 1 saturated heterocycles. The molecular formula is C14H22ClN. The zero-order valence-corrected chi connectivity index (χ0v) is 10.9. The van der Waals surface area contributed by atoms with Crippen molar-refractivity contribution in [3.63, 3.8) is 0 Å². The van der Waals surface area contributed by atoms with E-state index in [1.54, 1.807) is 0 Å². The number of piperidine rings is 1. The van der Waals surface area contributed by atoms with Gasteiger partial charge < -0.3 is 5.32 Å². The van der Waals surface area contributed by atoms with Gasteiger partial charge in [-0.2, -0.15) is 0 Å². The standard InChI is InChI=1S/C14H21N.ClH/c1-2-14(8-10-15-11-9-14)12-13-6-4-3-5-7-13;/h3-7,15H,2,8-12H2,1H3;1H. The number of rotatable bonds is 3. The van der Waals surface area contributed by atoms with Gasteiger partial charge in [-0.3, -0.25) is 0 Å². The molecule has 1 aliphatic heterocycles. The normalized spacial score (nSPS) is 18.8. The van der Waals surface area contributed by atoms with Crippen LogP contribution in [0, 0.1) is 5.41 Å². The molecule has 0 aromatic heterocycles. The van der Waals surface area contributed by atoms with Crippen LogP contribution < -0.4 is 5.32 Å². The Morgan fingerprint density at radius 2 is 1.75 bits per heavy atom. The maximum atomic E-state index is 3.46. The number of nitrogens with one attached hydrogen (secondary N) is 1. The molecular weight excluding hydrogens is 218 g/mol. The molecule has 0 amide bonds. The lowest BCUT2D eigenvalue weighted by atomic mass is 9.72. The lowest BCUT2D eigenvalue weighted by Gasteiger charge is -2.37.